The Morgan fingerprint density at radius 2 is 1.27 bits per heavy atom. The average molecular weight is 198 g/mol. The quantitative estimate of drug-likeness (QED) is 0.627. The Morgan fingerprint density at radius 1 is 1.00 bits per heavy atom. The predicted molar refractivity (Wildman–Crippen MR) is 58.2 cm³/mol. The van der Waals surface area contributed by atoms with Crippen molar-refractivity contribution in [3.8, 4) is 0 Å². The summed E-state index contributed by atoms with van der Waals surface area (Å²) in [5.41, 5.74) is 0. The number of nitrogens with zero attached hydrogens (tertiary/aromatic N) is 1. The van der Waals surface area contributed by atoms with E-state index in [1.54, 1.807) is 0 Å². The van der Waals surface area contributed by atoms with Crippen LogP contribution in [0.5, 0.6) is 0 Å². The van der Waals surface area contributed by atoms with Gasteiger partial charge in [0.1, 0.15) is 0 Å². The van der Waals surface area contributed by atoms with E-state index < -0.39 is 0 Å². The fraction of sp³-hybridized carbons (Fsp3) is 1.00. The van der Waals surface area contributed by atoms with Crippen molar-refractivity contribution in [2.45, 2.75) is 27.7 Å². The Kier molecular flexibility index (Phi) is 9.48. The summed E-state index contributed by atoms with van der Waals surface area (Å²) in [5.74, 6) is 1.55. The molecule has 0 aliphatic rings. The van der Waals surface area contributed by atoms with Crippen LogP contribution in [0.3, 0.4) is 0 Å². The molecule has 0 fully saturated rings. The zero-order valence-corrected chi connectivity index (χ0v) is 9.97. The molecule has 0 N–H and O–H groups in total. The van der Waals surface area contributed by atoms with E-state index in [2.05, 4.69) is 41.8 Å². The van der Waals surface area contributed by atoms with Crippen LogP contribution in [0, 0.1) is 11.8 Å². The molecule has 0 amide bonds. The minimum atomic E-state index is 0. The van der Waals surface area contributed by atoms with Crippen molar-refractivity contribution in [3.05, 3.63) is 0 Å². The molecule has 0 spiro atoms. The van der Waals surface area contributed by atoms with Crippen molar-refractivity contribution in [3.63, 3.8) is 0 Å². The van der Waals surface area contributed by atoms with Gasteiger partial charge in [-0.1, -0.05) is 37.1 Å². The molecule has 0 rings (SSSR count). The summed E-state index contributed by atoms with van der Waals surface area (Å²) in [5, 5.41) is 0. The van der Waals surface area contributed by atoms with Crippen LogP contribution in [0.1, 0.15) is 27.7 Å². The molecular weight excluding hydrogens is 177 g/mol. The van der Waals surface area contributed by atoms with Crippen LogP contribution >= 0.6 is 21.8 Å². The molecule has 70 valence electrons. The van der Waals surface area contributed by atoms with E-state index in [0.717, 1.165) is 11.8 Å². The van der Waals surface area contributed by atoms with Crippen LogP contribution in [0.4, 0.5) is 0 Å². The molecule has 1 atom stereocenters. The molecule has 0 radical (unpaired) electrons. The number of halogens is 1. The lowest BCUT2D eigenvalue weighted by atomic mass is 10.2. The predicted octanol–water partition coefficient (Wildman–Crippen LogP) is 2.81. The molecule has 0 saturated carbocycles. The Bertz CT molecular complexity index is 76.2. The maximum atomic E-state index is 2.78. The fourth-order valence-corrected chi connectivity index (χ4v) is 1.86. The summed E-state index contributed by atoms with van der Waals surface area (Å²) in [4.78, 5) is 0. The van der Waals surface area contributed by atoms with Crippen LogP contribution in [0.25, 0.3) is 0 Å². The second-order valence-corrected chi connectivity index (χ2v) is 4.47. The van der Waals surface area contributed by atoms with Gasteiger partial charge in [0, 0.05) is 13.1 Å². The van der Waals surface area contributed by atoms with Crippen LogP contribution in [-0.4, -0.2) is 17.8 Å². The summed E-state index contributed by atoms with van der Waals surface area (Å²) < 4.78 is 2.31. The van der Waals surface area contributed by atoms with E-state index in [0.29, 0.717) is 0 Å². The molecule has 3 heteroatoms. The van der Waals surface area contributed by atoms with Crippen LogP contribution in [0.2, 0.25) is 0 Å². The fourth-order valence-electron chi connectivity index (χ4n) is 1.01. The molecule has 0 heterocycles. The zero-order valence-electron chi connectivity index (χ0n) is 8.00. The molecule has 0 aliphatic heterocycles. The van der Waals surface area contributed by atoms with E-state index in [1.165, 1.54) is 13.1 Å². The van der Waals surface area contributed by atoms with Gasteiger partial charge < -0.3 is 0 Å². The summed E-state index contributed by atoms with van der Waals surface area (Å²) in [6.45, 7) is 11.4. The summed E-state index contributed by atoms with van der Waals surface area (Å²) in [6.07, 6.45) is 0. The minimum absolute atomic E-state index is 0. The van der Waals surface area contributed by atoms with Gasteiger partial charge in [-0.25, -0.2) is 0 Å². The zero-order chi connectivity index (χ0) is 8.15. The van der Waals surface area contributed by atoms with Crippen LogP contribution in [-0.2, 0) is 0 Å². The first-order valence-corrected chi connectivity index (χ1v) is 4.53. The third-order valence-electron chi connectivity index (χ3n) is 1.20. The molecule has 0 bridgehead atoms. The van der Waals surface area contributed by atoms with Gasteiger partial charge in [-0.2, -0.15) is 0 Å². The maximum absolute atomic E-state index is 2.78. The largest absolute Gasteiger partial charge is 0.287 e. The van der Waals surface area contributed by atoms with E-state index >= 15 is 0 Å². The molecule has 0 aromatic heterocycles. The average Bonchev–Trinajstić information content (AvgIpc) is 1.58. The standard InChI is InChI=1S/C8H20NP.ClH/c1-7(2)5-9(10)6-8(3)4;/h7-8H,5-6,10H2,1-4H3;1H. The first kappa shape index (κ1) is 14.2. The topological polar surface area (TPSA) is 3.24 Å². The maximum Gasteiger partial charge on any atom is 0.00394 e. The van der Waals surface area contributed by atoms with E-state index in [1.807, 2.05) is 0 Å². The van der Waals surface area contributed by atoms with Gasteiger partial charge in [-0.05, 0) is 11.8 Å². The Morgan fingerprint density at radius 3 is 1.45 bits per heavy atom. The first-order chi connectivity index (χ1) is 4.52. The van der Waals surface area contributed by atoms with Gasteiger partial charge in [0.25, 0.3) is 0 Å². The molecule has 0 saturated heterocycles. The highest BCUT2D eigenvalue weighted by Crippen LogP contribution is 2.07. The van der Waals surface area contributed by atoms with Crippen molar-refractivity contribution < 1.29 is 0 Å². The minimum Gasteiger partial charge on any atom is -0.287 e. The molecular formula is C8H21ClNP. The number of hydrogen-bond donors (Lipinski definition) is 0. The van der Waals surface area contributed by atoms with E-state index in [4.69, 9.17) is 0 Å². The van der Waals surface area contributed by atoms with Gasteiger partial charge in [0.15, 0.2) is 0 Å². The van der Waals surface area contributed by atoms with Crippen LogP contribution in [0.15, 0.2) is 0 Å². The van der Waals surface area contributed by atoms with Crippen molar-refractivity contribution >= 4 is 21.8 Å². The van der Waals surface area contributed by atoms with Crippen LogP contribution < -0.4 is 0 Å². The van der Waals surface area contributed by atoms with Crippen molar-refractivity contribution in [1.29, 1.82) is 0 Å². The third-order valence-corrected chi connectivity index (χ3v) is 1.62. The highest BCUT2D eigenvalue weighted by Gasteiger charge is 2.02. The van der Waals surface area contributed by atoms with Crippen molar-refractivity contribution in [1.82, 2.24) is 4.67 Å². The molecule has 0 aromatic carbocycles. The van der Waals surface area contributed by atoms with Gasteiger partial charge in [-0.15, -0.1) is 12.4 Å². The normalized spacial score (nSPS) is 10.9. The summed E-state index contributed by atoms with van der Waals surface area (Å²) in [6, 6.07) is 0. The van der Waals surface area contributed by atoms with E-state index in [9.17, 15) is 0 Å². The summed E-state index contributed by atoms with van der Waals surface area (Å²) >= 11 is 0. The van der Waals surface area contributed by atoms with Gasteiger partial charge in [0.2, 0.25) is 0 Å². The highest BCUT2D eigenvalue weighted by molar-refractivity contribution is 7.13. The molecule has 11 heavy (non-hydrogen) atoms. The second kappa shape index (κ2) is 7.34. The van der Waals surface area contributed by atoms with Crippen molar-refractivity contribution in [2.24, 2.45) is 11.8 Å². The molecule has 0 aromatic rings. The number of rotatable bonds is 4. The lowest BCUT2D eigenvalue weighted by Crippen LogP contribution is -2.21. The first-order valence-electron chi connectivity index (χ1n) is 4.02. The SMILES string of the molecule is CC(C)CN(P)CC(C)C.Cl. The summed E-state index contributed by atoms with van der Waals surface area (Å²) in [7, 11) is 2.78. The monoisotopic (exact) mass is 197 g/mol. The Labute approximate surface area is 79.6 Å². The highest BCUT2D eigenvalue weighted by atomic mass is 35.5. The molecule has 0 aliphatic carbocycles. The Balaban J connectivity index is 0. The third kappa shape index (κ3) is 10.7. The smallest absolute Gasteiger partial charge is 0.00394 e. The van der Waals surface area contributed by atoms with Gasteiger partial charge in [0.05, 0.1) is 0 Å². The van der Waals surface area contributed by atoms with E-state index in [-0.39, 0.29) is 12.4 Å². The molecule has 1 unspecified atom stereocenters. The molecule has 1 nitrogen and oxygen atoms in total. The lowest BCUT2D eigenvalue weighted by molar-refractivity contribution is 0.363. The number of hydrogen-bond acceptors (Lipinski definition) is 1. The Hall–Kier alpha value is 0.680. The van der Waals surface area contributed by atoms with Gasteiger partial charge in [-0.3, -0.25) is 4.67 Å². The second-order valence-electron chi connectivity index (χ2n) is 3.74. The van der Waals surface area contributed by atoms with Crippen molar-refractivity contribution in [2.75, 3.05) is 13.1 Å². The van der Waals surface area contributed by atoms with Gasteiger partial charge >= 0.3 is 0 Å². The lowest BCUT2D eigenvalue weighted by Gasteiger charge is -2.20.